The summed E-state index contributed by atoms with van der Waals surface area (Å²) < 4.78 is 9.16. The average molecular weight is 186 g/mol. The molecule has 0 aliphatic carbocycles. The smallest absolute Gasteiger partial charge is 0.311 e. The molecule has 0 bridgehead atoms. The minimum absolute atomic E-state index is 0.0363. The van der Waals surface area contributed by atoms with Gasteiger partial charge in [0.05, 0.1) is 25.7 Å². The van der Waals surface area contributed by atoms with E-state index in [-0.39, 0.29) is 18.8 Å². The number of rotatable bonds is 6. The van der Waals surface area contributed by atoms with Crippen molar-refractivity contribution in [3.05, 3.63) is 12.8 Å². The third kappa shape index (κ3) is 7.05. The highest BCUT2D eigenvalue weighted by Crippen LogP contribution is 1.96. The number of carbonyl (C=O) groups is 2. The summed E-state index contributed by atoms with van der Waals surface area (Å²) in [6.07, 6.45) is 1.92. The maximum Gasteiger partial charge on any atom is 0.311 e. The van der Waals surface area contributed by atoms with Gasteiger partial charge < -0.3 is 9.47 Å². The van der Waals surface area contributed by atoms with Crippen molar-refractivity contribution < 1.29 is 19.1 Å². The molecule has 0 aliphatic heterocycles. The van der Waals surface area contributed by atoms with Gasteiger partial charge in [0.15, 0.2) is 0 Å². The Bertz CT molecular complexity index is 186. The SMILES string of the molecule is C=COC(=O)CCC(=O)OCCC. The van der Waals surface area contributed by atoms with E-state index >= 15 is 0 Å². The molecule has 0 rings (SSSR count). The molecule has 0 amide bonds. The molecule has 0 aromatic carbocycles. The first kappa shape index (κ1) is 11.7. The lowest BCUT2D eigenvalue weighted by Gasteiger charge is -2.01. The molecule has 0 atom stereocenters. The Balaban J connectivity index is 3.45. The second kappa shape index (κ2) is 7.34. The van der Waals surface area contributed by atoms with Crippen LogP contribution < -0.4 is 0 Å². The number of ether oxygens (including phenoxy) is 2. The molecule has 74 valence electrons. The molecular weight excluding hydrogens is 172 g/mol. The largest absolute Gasteiger partial charge is 0.466 e. The van der Waals surface area contributed by atoms with Gasteiger partial charge in [-0.15, -0.1) is 0 Å². The number of hydrogen-bond acceptors (Lipinski definition) is 4. The standard InChI is InChI=1S/C9H14O4/c1-3-7-13-9(11)6-5-8(10)12-4-2/h4H,2-3,5-7H2,1H3. The molecule has 0 saturated heterocycles. The van der Waals surface area contributed by atoms with E-state index in [9.17, 15) is 9.59 Å². The lowest BCUT2D eigenvalue weighted by atomic mass is 10.3. The third-order valence-corrected chi connectivity index (χ3v) is 1.22. The highest BCUT2D eigenvalue weighted by molar-refractivity contribution is 5.77. The summed E-state index contributed by atoms with van der Waals surface area (Å²) in [4.78, 5) is 21.6. The van der Waals surface area contributed by atoms with Crippen molar-refractivity contribution in [2.75, 3.05) is 6.61 Å². The second-order valence-corrected chi connectivity index (χ2v) is 2.38. The monoisotopic (exact) mass is 186 g/mol. The summed E-state index contributed by atoms with van der Waals surface area (Å²) in [6, 6.07) is 0. The van der Waals surface area contributed by atoms with Crippen molar-refractivity contribution in [3.63, 3.8) is 0 Å². The average Bonchev–Trinajstić information content (AvgIpc) is 2.12. The fourth-order valence-electron chi connectivity index (χ4n) is 0.644. The molecule has 0 aliphatic rings. The molecular formula is C9H14O4. The van der Waals surface area contributed by atoms with E-state index in [1.807, 2.05) is 6.92 Å². The lowest BCUT2D eigenvalue weighted by Crippen LogP contribution is -2.08. The van der Waals surface area contributed by atoms with Crippen molar-refractivity contribution >= 4 is 11.9 Å². The third-order valence-electron chi connectivity index (χ3n) is 1.22. The summed E-state index contributed by atoms with van der Waals surface area (Å²) in [7, 11) is 0. The summed E-state index contributed by atoms with van der Waals surface area (Å²) in [5.41, 5.74) is 0. The maximum atomic E-state index is 10.9. The van der Waals surface area contributed by atoms with E-state index < -0.39 is 5.97 Å². The zero-order chi connectivity index (χ0) is 10.1. The first-order valence-electron chi connectivity index (χ1n) is 4.16. The quantitative estimate of drug-likeness (QED) is 0.465. The molecule has 0 saturated carbocycles. The maximum absolute atomic E-state index is 10.9. The molecule has 0 N–H and O–H groups in total. The van der Waals surface area contributed by atoms with Gasteiger partial charge in [-0.05, 0) is 6.42 Å². The normalized spacial score (nSPS) is 9.00. The first-order chi connectivity index (χ1) is 6.20. The first-order valence-corrected chi connectivity index (χ1v) is 4.16. The molecule has 0 aromatic rings. The Hall–Kier alpha value is -1.32. The van der Waals surface area contributed by atoms with Crippen molar-refractivity contribution in [2.45, 2.75) is 26.2 Å². The van der Waals surface area contributed by atoms with Gasteiger partial charge >= 0.3 is 11.9 Å². The van der Waals surface area contributed by atoms with Crippen molar-refractivity contribution in [3.8, 4) is 0 Å². The van der Waals surface area contributed by atoms with Crippen LogP contribution in [0.5, 0.6) is 0 Å². The lowest BCUT2D eigenvalue weighted by molar-refractivity contribution is -0.148. The Labute approximate surface area is 77.5 Å². The molecule has 4 nitrogen and oxygen atoms in total. The van der Waals surface area contributed by atoms with Crippen LogP contribution in [0, 0.1) is 0 Å². The van der Waals surface area contributed by atoms with E-state index in [0.717, 1.165) is 12.7 Å². The van der Waals surface area contributed by atoms with Crippen LogP contribution in [0.2, 0.25) is 0 Å². The number of hydrogen-bond donors (Lipinski definition) is 0. The molecule has 0 spiro atoms. The Morgan fingerprint density at radius 2 is 1.92 bits per heavy atom. The number of esters is 2. The molecule has 0 heterocycles. The van der Waals surface area contributed by atoms with Gasteiger partial charge in [-0.3, -0.25) is 9.59 Å². The van der Waals surface area contributed by atoms with E-state index in [1.165, 1.54) is 0 Å². The molecule has 13 heavy (non-hydrogen) atoms. The van der Waals surface area contributed by atoms with E-state index in [2.05, 4.69) is 11.3 Å². The fraction of sp³-hybridized carbons (Fsp3) is 0.556. The van der Waals surface area contributed by atoms with Gasteiger partial charge in [-0.1, -0.05) is 13.5 Å². The summed E-state index contributed by atoms with van der Waals surface area (Å²) in [5.74, 6) is -0.841. The zero-order valence-corrected chi connectivity index (χ0v) is 7.75. The topological polar surface area (TPSA) is 52.6 Å². The Kier molecular flexibility index (Phi) is 6.59. The Morgan fingerprint density at radius 3 is 2.46 bits per heavy atom. The molecule has 0 radical (unpaired) electrons. The van der Waals surface area contributed by atoms with Gasteiger partial charge in [0.2, 0.25) is 0 Å². The van der Waals surface area contributed by atoms with Crippen molar-refractivity contribution in [1.29, 1.82) is 0 Å². The van der Waals surface area contributed by atoms with Gasteiger partial charge in [0, 0.05) is 0 Å². The zero-order valence-electron chi connectivity index (χ0n) is 7.75. The van der Waals surface area contributed by atoms with Crippen LogP contribution in [0.15, 0.2) is 12.8 Å². The molecule has 0 aromatic heterocycles. The minimum Gasteiger partial charge on any atom is -0.466 e. The predicted octanol–water partition coefficient (Wildman–Crippen LogP) is 1.41. The van der Waals surface area contributed by atoms with Gasteiger partial charge in [-0.25, -0.2) is 0 Å². The summed E-state index contributed by atoms with van der Waals surface area (Å²) in [5, 5.41) is 0. The Morgan fingerprint density at radius 1 is 1.31 bits per heavy atom. The highest BCUT2D eigenvalue weighted by atomic mass is 16.5. The van der Waals surface area contributed by atoms with E-state index in [4.69, 9.17) is 4.74 Å². The van der Waals surface area contributed by atoms with Crippen LogP contribution in [0.25, 0.3) is 0 Å². The van der Waals surface area contributed by atoms with Crippen LogP contribution in [0.4, 0.5) is 0 Å². The van der Waals surface area contributed by atoms with Gasteiger partial charge in [0.25, 0.3) is 0 Å². The van der Waals surface area contributed by atoms with Crippen LogP contribution >= 0.6 is 0 Å². The van der Waals surface area contributed by atoms with E-state index in [1.54, 1.807) is 0 Å². The minimum atomic E-state index is -0.469. The van der Waals surface area contributed by atoms with Crippen molar-refractivity contribution in [2.24, 2.45) is 0 Å². The van der Waals surface area contributed by atoms with Gasteiger partial charge in [0.1, 0.15) is 0 Å². The fourth-order valence-corrected chi connectivity index (χ4v) is 0.644. The summed E-state index contributed by atoms with van der Waals surface area (Å²) >= 11 is 0. The van der Waals surface area contributed by atoms with Crippen LogP contribution in [-0.2, 0) is 19.1 Å². The van der Waals surface area contributed by atoms with Crippen LogP contribution in [0.1, 0.15) is 26.2 Å². The highest BCUT2D eigenvalue weighted by Gasteiger charge is 2.07. The second-order valence-electron chi connectivity index (χ2n) is 2.38. The molecule has 0 fully saturated rings. The molecule has 4 heteroatoms. The summed E-state index contributed by atoms with van der Waals surface area (Å²) in [6.45, 7) is 5.52. The van der Waals surface area contributed by atoms with Gasteiger partial charge in [-0.2, -0.15) is 0 Å². The van der Waals surface area contributed by atoms with Crippen LogP contribution in [-0.4, -0.2) is 18.5 Å². The predicted molar refractivity (Wildman–Crippen MR) is 46.8 cm³/mol. The van der Waals surface area contributed by atoms with E-state index in [0.29, 0.717) is 6.61 Å². The van der Waals surface area contributed by atoms with Crippen molar-refractivity contribution in [1.82, 2.24) is 0 Å². The molecule has 0 unspecified atom stereocenters. The number of carbonyl (C=O) groups excluding carboxylic acids is 2. The van der Waals surface area contributed by atoms with Crippen LogP contribution in [0.3, 0.4) is 0 Å².